The number of nitro benzene ring substituents is 1. The van der Waals surface area contributed by atoms with E-state index in [1.807, 2.05) is 0 Å². The van der Waals surface area contributed by atoms with Crippen molar-refractivity contribution in [1.82, 2.24) is 5.43 Å². The number of nitrogens with zero attached hydrogens (tertiary/aromatic N) is 2. The van der Waals surface area contributed by atoms with Crippen molar-refractivity contribution in [3.05, 3.63) is 66.6 Å². The van der Waals surface area contributed by atoms with E-state index in [1.165, 1.54) is 30.5 Å². The van der Waals surface area contributed by atoms with Gasteiger partial charge in [0, 0.05) is 17.7 Å². The quantitative estimate of drug-likeness (QED) is 0.419. The number of rotatable bonds is 5. The lowest BCUT2D eigenvalue weighted by Crippen LogP contribution is -2.17. The molecule has 0 fully saturated rings. The number of halogens is 2. The number of hydrogen-bond acceptors (Lipinski definition) is 5. The molecule has 0 saturated carbocycles. The van der Waals surface area contributed by atoms with Crippen LogP contribution in [0.15, 0.2) is 50.4 Å². The van der Waals surface area contributed by atoms with Crippen molar-refractivity contribution < 1.29 is 14.5 Å². The summed E-state index contributed by atoms with van der Waals surface area (Å²) in [6, 6.07) is 8.82. The summed E-state index contributed by atoms with van der Waals surface area (Å²) in [6.07, 6.45) is 1.47. The highest BCUT2D eigenvalue weighted by Crippen LogP contribution is 2.33. The molecule has 0 aliphatic heterocycles. The Labute approximate surface area is 154 Å². The molecule has 2 aromatic rings. The SMILES string of the molecule is COc1c(Br)cc(/C=N\NC(=O)c2ccc([N+](=O)[O-])cc2)cc1Br. The highest BCUT2D eigenvalue weighted by molar-refractivity contribution is 9.11. The minimum Gasteiger partial charge on any atom is -0.494 e. The van der Waals surface area contributed by atoms with E-state index in [0.717, 1.165) is 14.5 Å². The Hall–Kier alpha value is -2.26. The zero-order chi connectivity index (χ0) is 17.7. The third-order valence-electron chi connectivity index (χ3n) is 2.94. The van der Waals surface area contributed by atoms with E-state index in [0.29, 0.717) is 5.75 Å². The van der Waals surface area contributed by atoms with Gasteiger partial charge in [-0.2, -0.15) is 5.10 Å². The van der Waals surface area contributed by atoms with Gasteiger partial charge in [0.2, 0.25) is 0 Å². The van der Waals surface area contributed by atoms with Crippen LogP contribution in [0.5, 0.6) is 5.75 Å². The molecular formula is C15H11Br2N3O4. The molecule has 0 radical (unpaired) electrons. The van der Waals surface area contributed by atoms with E-state index >= 15 is 0 Å². The monoisotopic (exact) mass is 455 g/mol. The van der Waals surface area contributed by atoms with Crippen molar-refractivity contribution in [3.8, 4) is 5.75 Å². The lowest BCUT2D eigenvalue weighted by atomic mass is 10.2. The number of amides is 1. The molecule has 7 nitrogen and oxygen atoms in total. The van der Waals surface area contributed by atoms with Gasteiger partial charge in [0.25, 0.3) is 11.6 Å². The molecule has 0 atom stereocenters. The van der Waals surface area contributed by atoms with Gasteiger partial charge in [-0.1, -0.05) is 0 Å². The molecule has 0 unspecified atom stereocenters. The summed E-state index contributed by atoms with van der Waals surface area (Å²) >= 11 is 6.75. The first kappa shape index (κ1) is 18.1. The topological polar surface area (TPSA) is 93.8 Å². The van der Waals surface area contributed by atoms with Gasteiger partial charge in [0.05, 0.1) is 27.2 Å². The molecule has 0 aliphatic rings. The number of non-ortho nitro benzene ring substituents is 1. The second-order valence-corrected chi connectivity index (χ2v) is 6.23. The molecule has 0 bridgehead atoms. The number of ether oxygens (including phenoxy) is 1. The summed E-state index contributed by atoms with van der Waals surface area (Å²) < 4.78 is 6.68. The summed E-state index contributed by atoms with van der Waals surface area (Å²) in [7, 11) is 1.56. The van der Waals surface area contributed by atoms with Crippen LogP contribution in [0.1, 0.15) is 15.9 Å². The maximum atomic E-state index is 11.9. The van der Waals surface area contributed by atoms with E-state index in [1.54, 1.807) is 19.2 Å². The average molecular weight is 457 g/mol. The molecule has 1 amide bonds. The van der Waals surface area contributed by atoms with E-state index in [-0.39, 0.29) is 11.3 Å². The smallest absolute Gasteiger partial charge is 0.271 e. The number of carbonyl (C=O) groups excluding carboxylic acids is 1. The minimum atomic E-state index is -0.529. The predicted octanol–water partition coefficient (Wildman–Crippen LogP) is 3.89. The molecule has 0 saturated heterocycles. The van der Waals surface area contributed by atoms with Crippen molar-refractivity contribution >= 4 is 49.7 Å². The lowest BCUT2D eigenvalue weighted by Gasteiger charge is -2.06. The Bertz CT molecular complexity index is 784. The number of carbonyl (C=O) groups is 1. The van der Waals surface area contributed by atoms with Crippen LogP contribution in [-0.4, -0.2) is 24.2 Å². The van der Waals surface area contributed by atoms with Crippen molar-refractivity contribution in [1.29, 1.82) is 0 Å². The van der Waals surface area contributed by atoms with E-state index in [4.69, 9.17) is 4.74 Å². The molecule has 9 heteroatoms. The zero-order valence-corrected chi connectivity index (χ0v) is 15.5. The molecule has 2 aromatic carbocycles. The minimum absolute atomic E-state index is 0.0806. The van der Waals surface area contributed by atoms with Crippen LogP contribution in [0.2, 0.25) is 0 Å². The number of nitro groups is 1. The van der Waals surface area contributed by atoms with Crippen molar-refractivity contribution in [2.45, 2.75) is 0 Å². The zero-order valence-electron chi connectivity index (χ0n) is 12.3. The first-order valence-electron chi connectivity index (χ1n) is 6.53. The third kappa shape index (κ3) is 4.39. The van der Waals surface area contributed by atoms with Crippen molar-refractivity contribution in [3.63, 3.8) is 0 Å². The van der Waals surface area contributed by atoms with Gasteiger partial charge in [-0.25, -0.2) is 5.43 Å². The third-order valence-corrected chi connectivity index (χ3v) is 4.12. The Morgan fingerprint density at radius 1 is 1.25 bits per heavy atom. The molecule has 1 N–H and O–H groups in total. The van der Waals surface area contributed by atoms with E-state index < -0.39 is 10.8 Å². The van der Waals surface area contributed by atoms with Crippen molar-refractivity contribution in [2.75, 3.05) is 7.11 Å². The van der Waals surface area contributed by atoms with Crippen LogP contribution in [0.25, 0.3) is 0 Å². The van der Waals surface area contributed by atoms with Crippen LogP contribution in [-0.2, 0) is 0 Å². The fraction of sp³-hybridized carbons (Fsp3) is 0.0667. The van der Waals surface area contributed by atoms with Crippen LogP contribution in [0.3, 0.4) is 0 Å². The van der Waals surface area contributed by atoms with Gasteiger partial charge in [-0.15, -0.1) is 0 Å². The normalized spacial score (nSPS) is 10.6. The number of methoxy groups -OCH3 is 1. The second kappa shape index (κ2) is 8.02. The number of hydrazone groups is 1. The van der Waals surface area contributed by atoms with Gasteiger partial charge < -0.3 is 4.74 Å². The Morgan fingerprint density at radius 2 is 1.83 bits per heavy atom. The molecule has 2 rings (SSSR count). The maximum Gasteiger partial charge on any atom is 0.271 e. The molecular weight excluding hydrogens is 446 g/mol. The highest BCUT2D eigenvalue weighted by Gasteiger charge is 2.09. The average Bonchev–Trinajstić information content (AvgIpc) is 2.54. The predicted molar refractivity (Wildman–Crippen MR) is 96.6 cm³/mol. The van der Waals surface area contributed by atoms with Gasteiger partial charge >= 0.3 is 0 Å². The standard InChI is InChI=1S/C15H11Br2N3O4/c1-24-14-12(16)6-9(7-13(14)17)8-18-19-15(21)10-2-4-11(5-3-10)20(22)23/h2-8H,1H3,(H,19,21)/b18-8-. The second-order valence-electron chi connectivity index (χ2n) is 4.52. The number of benzene rings is 2. The molecule has 124 valence electrons. The fourth-order valence-corrected chi connectivity index (χ4v) is 3.36. The van der Waals surface area contributed by atoms with Crippen LogP contribution in [0.4, 0.5) is 5.69 Å². The summed E-state index contributed by atoms with van der Waals surface area (Å²) in [5, 5.41) is 14.4. The molecule has 0 spiro atoms. The number of hydrogen-bond donors (Lipinski definition) is 1. The van der Waals surface area contributed by atoms with E-state index in [9.17, 15) is 14.9 Å². The summed E-state index contributed by atoms with van der Waals surface area (Å²) in [4.78, 5) is 22.0. The Morgan fingerprint density at radius 3 is 2.33 bits per heavy atom. The lowest BCUT2D eigenvalue weighted by molar-refractivity contribution is -0.384. The highest BCUT2D eigenvalue weighted by atomic mass is 79.9. The maximum absolute atomic E-state index is 11.9. The first-order chi connectivity index (χ1) is 11.4. The largest absolute Gasteiger partial charge is 0.494 e. The molecule has 0 heterocycles. The fourth-order valence-electron chi connectivity index (χ4n) is 1.81. The van der Waals surface area contributed by atoms with Gasteiger partial charge in [-0.3, -0.25) is 14.9 Å². The van der Waals surface area contributed by atoms with Gasteiger partial charge in [-0.05, 0) is 61.7 Å². The first-order valence-corrected chi connectivity index (χ1v) is 8.12. The summed E-state index contributed by atoms with van der Waals surface area (Å²) in [6.45, 7) is 0. The molecule has 24 heavy (non-hydrogen) atoms. The van der Waals surface area contributed by atoms with Gasteiger partial charge in [0.1, 0.15) is 5.75 Å². The Balaban J connectivity index is 2.06. The van der Waals surface area contributed by atoms with E-state index in [2.05, 4.69) is 42.4 Å². The summed E-state index contributed by atoms with van der Waals surface area (Å²) in [5.41, 5.74) is 3.29. The molecule has 0 aliphatic carbocycles. The van der Waals surface area contributed by atoms with Crippen molar-refractivity contribution in [2.24, 2.45) is 5.10 Å². The number of nitrogens with one attached hydrogen (secondary N) is 1. The summed E-state index contributed by atoms with van der Waals surface area (Å²) in [5.74, 6) is 0.190. The van der Waals surface area contributed by atoms with Crippen LogP contribution >= 0.6 is 31.9 Å². The molecule has 0 aromatic heterocycles. The Kier molecular flexibility index (Phi) is 6.04. The van der Waals surface area contributed by atoms with Crippen LogP contribution in [0, 0.1) is 10.1 Å². The van der Waals surface area contributed by atoms with Gasteiger partial charge in [0.15, 0.2) is 0 Å². The van der Waals surface area contributed by atoms with Crippen LogP contribution < -0.4 is 10.2 Å².